The van der Waals surface area contributed by atoms with E-state index in [1.54, 1.807) is 6.07 Å². The zero-order valence-corrected chi connectivity index (χ0v) is 17.2. The molecule has 1 aromatic heterocycles. The number of quaternary nitrogens is 1. The first-order chi connectivity index (χ1) is 14.0. The highest BCUT2D eigenvalue weighted by Gasteiger charge is 2.35. The number of piperazine rings is 1. The third-order valence-electron chi connectivity index (χ3n) is 5.68. The second-order valence-corrected chi connectivity index (χ2v) is 8.02. The van der Waals surface area contributed by atoms with Crippen LogP contribution in [-0.2, 0) is 0 Å². The maximum absolute atomic E-state index is 14.2. The van der Waals surface area contributed by atoms with Gasteiger partial charge < -0.3 is 9.80 Å². The van der Waals surface area contributed by atoms with Crippen molar-refractivity contribution in [2.24, 2.45) is 0 Å². The fourth-order valence-corrected chi connectivity index (χ4v) is 4.12. The molecule has 1 aliphatic heterocycles. The number of aryl methyl sites for hydroxylation is 1. The number of hydrogen-bond acceptors (Lipinski definition) is 4. The lowest BCUT2D eigenvalue weighted by Gasteiger charge is -2.37. The quantitative estimate of drug-likeness (QED) is 0.720. The monoisotopic (exact) mass is 395 g/mol. The highest BCUT2D eigenvalue weighted by atomic mass is 19.1. The van der Waals surface area contributed by atoms with E-state index in [-0.39, 0.29) is 17.9 Å². The second-order valence-electron chi connectivity index (χ2n) is 8.02. The number of tetrazole rings is 1. The van der Waals surface area contributed by atoms with Gasteiger partial charge in [0.15, 0.2) is 6.04 Å². The molecule has 0 unspecified atom stereocenters. The summed E-state index contributed by atoms with van der Waals surface area (Å²) in [6.07, 6.45) is 0. The van der Waals surface area contributed by atoms with Crippen molar-refractivity contribution >= 4 is 5.69 Å². The summed E-state index contributed by atoms with van der Waals surface area (Å²) >= 11 is 0. The zero-order chi connectivity index (χ0) is 20.4. The van der Waals surface area contributed by atoms with Gasteiger partial charge in [0.05, 0.1) is 37.9 Å². The van der Waals surface area contributed by atoms with Gasteiger partial charge in [0.1, 0.15) is 5.82 Å². The van der Waals surface area contributed by atoms with Crippen molar-refractivity contribution < 1.29 is 9.29 Å². The van der Waals surface area contributed by atoms with Crippen molar-refractivity contribution in [1.82, 2.24) is 20.2 Å². The molecule has 29 heavy (non-hydrogen) atoms. The first-order valence-corrected chi connectivity index (χ1v) is 10.2. The Bertz CT molecular complexity index is 944. The third-order valence-corrected chi connectivity index (χ3v) is 5.68. The van der Waals surface area contributed by atoms with Crippen LogP contribution in [0.1, 0.15) is 42.9 Å². The number of nitrogens with one attached hydrogen (secondary N) is 1. The summed E-state index contributed by atoms with van der Waals surface area (Å²) in [5, 5.41) is 12.6. The van der Waals surface area contributed by atoms with E-state index >= 15 is 0 Å². The second kappa shape index (κ2) is 8.29. The third kappa shape index (κ3) is 4.00. The molecule has 0 spiro atoms. The average molecular weight is 396 g/mol. The highest BCUT2D eigenvalue weighted by molar-refractivity contribution is 5.47. The lowest BCUT2D eigenvalue weighted by molar-refractivity contribution is -0.927. The molecule has 0 saturated carbocycles. The summed E-state index contributed by atoms with van der Waals surface area (Å²) in [6, 6.07) is 15.9. The van der Waals surface area contributed by atoms with Crippen molar-refractivity contribution in [3.8, 4) is 0 Å². The van der Waals surface area contributed by atoms with E-state index in [1.807, 2.05) is 16.8 Å². The Labute approximate surface area is 170 Å². The number of halogens is 1. The molecular formula is C22H28FN6+. The summed E-state index contributed by atoms with van der Waals surface area (Å²) in [5.74, 6) is 0.730. The number of hydrogen-bond donors (Lipinski definition) is 1. The van der Waals surface area contributed by atoms with Gasteiger partial charge in [-0.3, -0.25) is 0 Å². The van der Waals surface area contributed by atoms with Crippen LogP contribution >= 0.6 is 0 Å². The van der Waals surface area contributed by atoms with E-state index < -0.39 is 0 Å². The maximum Gasteiger partial charge on any atom is 0.214 e. The number of aromatic nitrogens is 4. The van der Waals surface area contributed by atoms with Crippen LogP contribution in [0.5, 0.6) is 0 Å². The molecule has 0 bridgehead atoms. The van der Waals surface area contributed by atoms with Crippen molar-refractivity contribution in [3.63, 3.8) is 0 Å². The summed E-state index contributed by atoms with van der Waals surface area (Å²) in [7, 11) is 0. The number of rotatable bonds is 5. The van der Waals surface area contributed by atoms with Crippen LogP contribution in [0.4, 0.5) is 10.1 Å². The molecule has 1 fully saturated rings. The Morgan fingerprint density at radius 1 is 1.00 bits per heavy atom. The van der Waals surface area contributed by atoms with Gasteiger partial charge in [-0.1, -0.05) is 42.0 Å². The Hall–Kier alpha value is -2.80. The van der Waals surface area contributed by atoms with Crippen LogP contribution in [0.2, 0.25) is 0 Å². The number of nitrogens with zero attached hydrogens (tertiary/aromatic N) is 5. The molecule has 2 heterocycles. The predicted octanol–water partition coefficient (Wildman–Crippen LogP) is 2.20. The van der Waals surface area contributed by atoms with Crippen LogP contribution in [-0.4, -0.2) is 46.4 Å². The van der Waals surface area contributed by atoms with Crippen LogP contribution < -0.4 is 9.80 Å². The minimum absolute atomic E-state index is 0.0516. The molecule has 0 amide bonds. The fraction of sp³-hybridized carbons (Fsp3) is 0.409. The Morgan fingerprint density at radius 2 is 1.69 bits per heavy atom. The largest absolute Gasteiger partial charge is 0.358 e. The van der Waals surface area contributed by atoms with Gasteiger partial charge in [-0.25, -0.2) is 9.07 Å². The Kier molecular flexibility index (Phi) is 5.58. The van der Waals surface area contributed by atoms with Gasteiger partial charge in [-0.15, -0.1) is 5.10 Å². The summed E-state index contributed by atoms with van der Waals surface area (Å²) in [5.41, 5.74) is 3.13. The van der Waals surface area contributed by atoms with Gasteiger partial charge in [0.2, 0.25) is 5.82 Å². The van der Waals surface area contributed by atoms with Crippen LogP contribution in [0.15, 0.2) is 48.5 Å². The zero-order valence-electron chi connectivity index (χ0n) is 17.2. The van der Waals surface area contributed by atoms with E-state index in [1.165, 1.54) is 22.1 Å². The molecule has 7 heteroatoms. The van der Waals surface area contributed by atoms with E-state index in [4.69, 9.17) is 0 Å². The molecule has 1 saturated heterocycles. The van der Waals surface area contributed by atoms with Gasteiger partial charge in [0.25, 0.3) is 0 Å². The fourth-order valence-electron chi connectivity index (χ4n) is 4.12. The molecule has 1 atom stereocenters. The summed E-state index contributed by atoms with van der Waals surface area (Å²) < 4.78 is 16.1. The lowest BCUT2D eigenvalue weighted by atomic mass is 10.0. The van der Waals surface area contributed by atoms with Gasteiger partial charge in [0, 0.05) is 5.56 Å². The Morgan fingerprint density at radius 3 is 2.34 bits per heavy atom. The molecule has 6 nitrogen and oxygen atoms in total. The van der Waals surface area contributed by atoms with Gasteiger partial charge >= 0.3 is 0 Å². The topological polar surface area (TPSA) is 51.3 Å². The van der Waals surface area contributed by atoms with Gasteiger partial charge in [-0.2, -0.15) is 0 Å². The molecule has 1 N–H and O–H groups in total. The average Bonchev–Trinajstić information content (AvgIpc) is 3.20. The molecule has 4 rings (SSSR count). The molecule has 2 aromatic carbocycles. The highest BCUT2D eigenvalue weighted by Crippen LogP contribution is 2.22. The van der Waals surface area contributed by atoms with Crippen LogP contribution in [0.3, 0.4) is 0 Å². The minimum atomic E-state index is -0.158. The molecule has 3 aromatic rings. The molecule has 0 radical (unpaired) electrons. The Balaban J connectivity index is 1.62. The van der Waals surface area contributed by atoms with E-state index in [2.05, 4.69) is 65.5 Å². The van der Waals surface area contributed by atoms with E-state index in [0.717, 1.165) is 32.0 Å². The van der Waals surface area contributed by atoms with Crippen molar-refractivity contribution in [1.29, 1.82) is 0 Å². The number of benzene rings is 2. The van der Waals surface area contributed by atoms with E-state index in [9.17, 15) is 4.39 Å². The maximum atomic E-state index is 14.2. The van der Waals surface area contributed by atoms with E-state index in [0.29, 0.717) is 5.69 Å². The van der Waals surface area contributed by atoms with Crippen molar-refractivity contribution in [2.75, 3.05) is 31.1 Å². The van der Waals surface area contributed by atoms with Crippen LogP contribution in [0.25, 0.3) is 0 Å². The minimum Gasteiger partial charge on any atom is -0.358 e. The van der Waals surface area contributed by atoms with Crippen molar-refractivity contribution in [3.05, 3.63) is 71.3 Å². The first-order valence-electron chi connectivity index (χ1n) is 10.2. The predicted molar refractivity (Wildman–Crippen MR) is 111 cm³/mol. The van der Waals surface area contributed by atoms with Crippen molar-refractivity contribution in [2.45, 2.75) is 32.9 Å². The molecule has 152 valence electrons. The SMILES string of the molecule is Cc1ccc([C@@H](c2nnnn2C(C)C)[NH+]2CCN(c3ccccc3F)CC2)cc1. The van der Waals surface area contributed by atoms with Crippen LogP contribution in [0, 0.1) is 12.7 Å². The standard InChI is InChI=1S/C22H27FN6/c1-16(2)29-22(24-25-26-29)21(18-10-8-17(3)9-11-18)28-14-12-27(13-15-28)20-7-5-4-6-19(20)23/h4-11,16,21H,12-15H2,1-3H3/p+1/t21-/m0/s1. The molecule has 1 aliphatic rings. The number of para-hydroxylation sites is 1. The lowest BCUT2D eigenvalue weighted by Crippen LogP contribution is -3.15. The normalized spacial score (nSPS) is 16.4. The smallest absolute Gasteiger partial charge is 0.214 e. The molecule has 0 aliphatic carbocycles. The molecular weight excluding hydrogens is 367 g/mol. The number of anilines is 1. The summed E-state index contributed by atoms with van der Waals surface area (Å²) in [6.45, 7) is 9.64. The first kappa shape index (κ1) is 19.5. The summed E-state index contributed by atoms with van der Waals surface area (Å²) in [4.78, 5) is 3.54. The van der Waals surface area contributed by atoms with Gasteiger partial charge in [-0.05, 0) is 43.3 Å².